The Hall–Kier alpha value is -2.86. The van der Waals surface area contributed by atoms with Crippen molar-refractivity contribution in [1.29, 1.82) is 0 Å². The second kappa shape index (κ2) is 7.80. The van der Waals surface area contributed by atoms with Gasteiger partial charge >= 0.3 is 0 Å². The fourth-order valence-electron chi connectivity index (χ4n) is 2.79. The van der Waals surface area contributed by atoms with Crippen molar-refractivity contribution in [1.82, 2.24) is 5.32 Å². The van der Waals surface area contributed by atoms with Crippen molar-refractivity contribution in [2.75, 3.05) is 24.3 Å². The lowest BCUT2D eigenvalue weighted by molar-refractivity contribution is -0.119. The number of para-hydroxylation sites is 1. The molecule has 1 saturated carbocycles. The molecule has 0 radical (unpaired) electrons. The van der Waals surface area contributed by atoms with Crippen LogP contribution in [0, 0.1) is 5.92 Å². The largest absolute Gasteiger partial charge is 0.355 e. The van der Waals surface area contributed by atoms with E-state index in [0.29, 0.717) is 22.0 Å². The van der Waals surface area contributed by atoms with Gasteiger partial charge in [-0.3, -0.25) is 14.4 Å². The Balaban J connectivity index is 1.85. The molecule has 0 unspecified atom stereocenters. The first-order chi connectivity index (χ1) is 12.9. The fourth-order valence-corrected chi connectivity index (χ4v) is 2.99. The monoisotopic (exact) mass is 385 g/mol. The predicted octanol–water partition coefficient (Wildman–Crippen LogP) is 3.32. The molecule has 0 aliphatic heterocycles. The molecule has 2 N–H and O–H groups in total. The summed E-state index contributed by atoms with van der Waals surface area (Å²) in [5.41, 5.74) is 1.64. The Labute approximate surface area is 162 Å². The molecule has 2 aromatic rings. The number of benzene rings is 2. The standard InChI is InChI=1S/C20H20ClN3O3/c1-22-18(25)15-11-13(9-10-16(15)21)23-19(26)14-5-3-4-6-17(14)24(2)20(27)12-7-8-12/h3-6,9-12H,7-8H2,1-2H3,(H,22,25)(H,23,26). The second-order valence-electron chi connectivity index (χ2n) is 6.42. The van der Waals surface area contributed by atoms with Gasteiger partial charge in [0.1, 0.15) is 0 Å². The van der Waals surface area contributed by atoms with E-state index in [9.17, 15) is 14.4 Å². The van der Waals surface area contributed by atoms with Gasteiger partial charge < -0.3 is 15.5 Å². The summed E-state index contributed by atoms with van der Waals surface area (Å²) in [5.74, 6) is -0.640. The van der Waals surface area contributed by atoms with E-state index >= 15 is 0 Å². The van der Waals surface area contributed by atoms with Gasteiger partial charge in [-0.05, 0) is 43.2 Å². The second-order valence-corrected chi connectivity index (χ2v) is 6.82. The Bertz CT molecular complexity index is 909. The highest BCUT2D eigenvalue weighted by atomic mass is 35.5. The van der Waals surface area contributed by atoms with Crippen LogP contribution in [-0.4, -0.2) is 31.8 Å². The topological polar surface area (TPSA) is 78.5 Å². The van der Waals surface area contributed by atoms with Crippen molar-refractivity contribution in [3.8, 4) is 0 Å². The highest BCUT2D eigenvalue weighted by molar-refractivity contribution is 6.34. The molecule has 1 aliphatic rings. The van der Waals surface area contributed by atoms with Crippen molar-refractivity contribution >= 4 is 40.7 Å². The van der Waals surface area contributed by atoms with Crippen LogP contribution in [0.25, 0.3) is 0 Å². The maximum atomic E-state index is 12.8. The first kappa shape index (κ1) is 18.9. The molecule has 27 heavy (non-hydrogen) atoms. The van der Waals surface area contributed by atoms with Crippen LogP contribution >= 0.6 is 11.6 Å². The molecule has 7 heteroatoms. The number of nitrogens with one attached hydrogen (secondary N) is 2. The molecular weight excluding hydrogens is 366 g/mol. The lowest BCUT2D eigenvalue weighted by atomic mass is 10.1. The number of nitrogens with zero attached hydrogens (tertiary/aromatic N) is 1. The molecule has 140 valence electrons. The van der Waals surface area contributed by atoms with Crippen molar-refractivity contribution < 1.29 is 14.4 Å². The summed E-state index contributed by atoms with van der Waals surface area (Å²) in [7, 11) is 3.19. The Kier molecular flexibility index (Phi) is 5.46. The van der Waals surface area contributed by atoms with E-state index in [1.807, 2.05) is 0 Å². The summed E-state index contributed by atoms with van der Waals surface area (Å²) in [6.45, 7) is 0. The summed E-state index contributed by atoms with van der Waals surface area (Å²) >= 11 is 6.04. The van der Waals surface area contributed by atoms with Crippen LogP contribution in [0.4, 0.5) is 11.4 Å². The van der Waals surface area contributed by atoms with E-state index in [1.54, 1.807) is 43.4 Å². The fraction of sp³-hybridized carbons (Fsp3) is 0.250. The molecule has 0 aromatic heterocycles. The van der Waals surface area contributed by atoms with Gasteiger partial charge in [-0.2, -0.15) is 0 Å². The molecule has 1 fully saturated rings. The van der Waals surface area contributed by atoms with Gasteiger partial charge in [-0.1, -0.05) is 23.7 Å². The third-order valence-corrected chi connectivity index (χ3v) is 4.79. The SMILES string of the molecule is CNC(=O)c1cc(NC(=O)c2ccccc2N(C)C(=O)C2CC2)ccc1Cl. The third-order valence-electron chi connectivity index (χ3n) is 4.46. The first-order valence-electron chi connectivity index (χ1n) is 8.62. The Morgan fingerprint density at radius 2 is 1.74 bits per heavy atom. The lowest BCUT2D eigenvalue weighted by Crippen LogP contribution is -2.30. The minimum atomic E-state index is -0.369. The van der Waals surface area contributed by atoms with Crippen LogP contribution in [0.5, 0.6) is 0 Å². The quantitative estimate of drug-likeness (QED) is 0.828. The molecular formula is C20H20ClN3O3. The van der Waals surface area contributed by atoms with Gasteiger partial charge in [0.2, 0.25) is 5.91 Å². The van der Waals surface area contributed by atoms with Crippen LogP contribution in [0.3, 0.4) is 0 Å². The molecule has 3 amide bonds. The number of amides is 3. The van der Waals surface area contributed by atoms with Gasteiger partial charge in [0.25, 0.3) is 11.8 Å². The van der Waals surface area contributed by atoms with Crippen molar-refractivity contribution in [3.63, 3.8) is 0 Å². The zero-order valence-electron chi connectivity index (χ0n) is 15.1. The zero-order chi connectivity index (χ0) is 19.6. The van der Waals surface area contributed by atoms with Gasteiger partial charge in [-0.15, -0.1) is 0 Å². The number of carbonyl (C=O) groups excluding carboxylic acids is 3. The van der Waals surface area contributed by atoms with E-state index in [4.69, 9.17) is 11.6 Å². The van der Waals surface area contributed by atoms with Crippen LogP contribution in [0.2, 0.25) is 5.02 Å². The number of hydrogen-bond donors (Lipinski definition) is 2. The number of carbonyl (C=O) groups is 3. The maximum Gasteiger partial charge on any atom is 0.257 e. The highest BCUT2D eigenvalue weighted by Gasteiger charge is 2.33. The van der Waals surface area contributed by atoms with E-state index in [-0.39, 0.29) is 29.2 Å². The molecule has 0 saturated heterocycles. The number of anilines is 2. The van der Waals surface area contributed by atoms with Crippen LogP contribution in [0.15, 0.2) is 42.5 Å². The van der Waals surface area contributed by atoms with Crippen molar-refractivity contribution in [2.24, 2.45) is 5.92 Å². The smallest absolute Gasteiger partial charge is 0.257 e. The number of halogens is 1. The van der Waals surface area contributed by atoms with E-state index in [0.717, 1.165) is 12.8 Å². The third kappa shape index (κ3) is 4.11. The minimum Gasteiger partial charge on any atom is -0.355 e. The normalized spacial score (nSPS) is 13.0. The Morgan fingerprint density at radius 3 is 2.41 bits per heavy atom. The Morgan fingerprint density at radius 1 is 1.04 bits per heavy atom. The van der Waals surface area contributed by atoms with Crippen LogP contribution < -0.4 is 15.5 Å². The van der Waals surface area contributed by atoms with E-state index in [2.05, 4.69) is 10.6 Å². The molecule has 1 aliphatic carbocycles. The average Bonchev–Trinajstić information content (AvgIpc) is 3.53. The van der Waals surface area contributed by atoms with Gasteiger partial charge in [0.05, 0.1) is 21.8 Å². The highest BCUT2D eigenvalue weighted by Crippen LogP contribution is 2.33. The number of rotatable bonds is 5. The summed E-state index contributed by atoms with van der Waals surface area (Å²) in [6.07, 6.45) is 1.79. The lowest BCUT2D eigenvalue weighted by Gasteiger charge is -2.20. The molecule has 6 nitrogen and oxygen atoms in total. The molecule has 0 heterocycles. The zero-order valence-corrected chi connectivity index (χ0v) is 15.8. The molecule has 3 rings (SSSR count). The first-order valence-corrected chi connectivity index (χ1v) is 8.99. The van der Waals surface area contributed by atoms with Crippen LogP contribution in [-0.2, 0) is 4.79 Å². The molecule has 0 spiro atoms. The summed E-state index contributed by atoms with van der Waals surface area (Å²) in [4.78, 5) is 38.6. The van der Waals surface area contributed by atoms with Gasteiger partial charge in [-0.25, -0.2) is 0 Å². The van der Waals surface area contributed by atoms with Crippen molar-refractivity contribution in [3.05, 3.63) is 58.6 Å². The maximum absolute atomic E-state index is 12.8. The minimum absolute atomic E-state index is 0.0173. The van der Waals surface area contributed by atoms with E-state index < -0.39 is 0 Å². The average molecular weight is 386 g/mol. The molecule has 2 aromatic carbocycles. The van der Waals surface area contributed by atoms with Crippen LogP contribution in [0.1, 0.15) is 33.6 Å². The summed E-state index contributed by atoms with van der Waals surface area (Å²) in [6, 6.07) is 11.6. The molecule has 0 atom stereocenters. The predicted molar refractivity (Wildman–Crippen MR) is 105 cm³/mol. The van der Waals surface area contributed by atoms with E-state index in [1.165, 1.54) is 18.0 Å². The van der Waals surface area contributed by atoms with Gasteiger partial charge in [0.15, 0.2) is 0 Å². The van der Waals surface area contributed by atoms with Gasteiger partial charge in [0, 0.05) is 25.7 Å². The summed E-state index contributed by atoms with van der Waals surface area (Å²) < 4.78 is 0. The molecule has 0 bridgehead atoms. The summed E-state index contributed by atoms with van der Waals surface area (Å²) in [5, 5.41) is 5.57. The van der Waals surface area contributed by atoms with Crippen molar-refractivity contribution in [2.45, 2.75) is 12.8 Å². The number of hydrogen-bond acceptors (Lipinski definition) is 3.